The van der Waals surface area contributed by atoms with Crippen molar-refractivity contribution in [3.63, 3.8) is 0 Å². The van der Waals surface area contributed by atoms with Crippen LogP contribution in [0.3, 0.4) is 0 Å². The predicted molar refractivity (Wildman–Crippen MR) is 171 cm³/mol. The summed E-state index contributed by atoms with van der Waals surface area (Å²) < 4.78 is 32.5. The van der Waals surface area contributed by atoms with Crippen molar-refractivity contribution in [3.05, 3.63) is 94.0 Å². The molecule has 1 atom stereocenters. The minimum Gasteiger partial charge on any atom is -0.494 e. The fourth-order valence-electron chi connectivity index (χ4n) is 5.25. The second kappa shape index (κ2) is 14.9. The quantitative estimate of drug-likeness (QED) is 0.251. The zero-order valence-corrected chi connectivity index (χ0v) is 26.7. The summed E-state index contributed by atoms with van der Waals surface area (Å²) in [7, 11) is -3.87. The van der Waals surface area contributed by atoms with E-state index in [2.05, 4.69) is 5.32 Å². The molecular formula is C32H37Cl2N3O5S. The van der Waals surface area contributed by atoms with Gasteiger partial charge in [0.25, 0.3) is 0 Å². The van der Waals surface area contributed by atoms with Crippen LogP contribution in [0.25, 0.3) is 0 Å². The Morgan fingerprint density at radius 3 is 2.23 bits per heavy atom. The summed E-state index contributed by atoms with van der Waals surface area (Å²) in [6, 6.07) is 20.1. The standard InChI is InChI=1S/C32H37Cl2N3O5S/c1-3-42-27-16-14-26(15-17-27)37(43(2,40)41)22-31(38)36(21-24-13-18-28(33)29(34)19-24)30(20-23-9-5-4-6-10-23)32(39)35-25-11-7-8-12-25/h4-6,9-10,13-19,25,30H,3,7-8,11-12,20-22H2,1-2H3,(H,35,39)/t30-/m0/s1. The first-order valence-corrected chi connectivity index (χ1v) is 16.9. The molecule has 0 heterocycles. The molecule has 1 fully saturated rings. The number of carbonyl (C=O) groups excluding carboxylic acids is 2. The van der Waals surface area contributed by atoms with E-state index in [0.29, 0.717) is 33.7 Å². The van der Waals surface area contributed by atoms with Crippen molar-refractivity contribution in [1.82, 2.24) is 10.2 Å². The largest absolute Gasteiger partial charge is 0.494 e. The molecule has 2 amide bonds. The van der Waals surface area contributed by atoms with Gasteiger partial charge in [-0.05, 0) is 67.3 Å². The molecule has 4 rings (SSSR count). The highest BCUT2D eigenvalue weighted by atomic mass is 35.5. The van der Waals surface area contributed by atoms with Gasteiger partial charge in [0, 0.05) is 19.0 Å². The van der Waals surface area contributed by atoms with Gasteiger partial charge in [-0.25, -0.2) is 8.42 Å². The van der Waals surface area contributed by atoms with Gasteiger partial charge >= 0.3 is 0 Å². The number of ether oxygens (including phenoxy) is 1. The van der Waals surface area contributed by atoms with Crippen LogP contribution in [-0.2, 0) is 32.6 Å². The highest BCUT2D eigenvalue weighted by molar-refractivity contribution is 7.92. The highest BCUT2D eigenvalue weighted by Gasteiger charge is 2.34. The van der Waals surface area contributed by atoms with Crippen LogP contribution in [0.2, 0.25) is 10.0 Å². The number of nitrogens with zero attached hydrogens (tertiary/aromatic N) is 2. The summed E-state index contributed by atoms with van der Waals surface area (Å²) in [5.74, 6) is -0.234. The average molecular weight is 647 g/mol. The lowest BCUT2D eigenvalue weighted by Crippen LogP contribution is -2.54. The van der Waals surface area contributed by atoms with E-state index in [1.165, 1.54) is 4.90 Å². The summed E-state index contributed by atoms with van der Waals surface area (Å²) in [5, 5.41) is 3.82. The number of hydrogen-bond acceptors (Lipinski definition) is 5. The van der Waals surface area contributed by atoms with E-state index >= 15 is 0 Å². The van der Waals surface area contributed by atoms with Gasteiger partial charge in [-0.2, -0.15) is 0 Å². The van der Waals surface area contributed by atoms with E-state index < -0.39 is 28.5 Å². The normalized spacial score (nSPS) is 14.2. The molecule has 1 aliphatic carbocycles. The van der Waals surface area contributed by atoms with Crippen LogP contribution in [0, 0.1) is 0 Å². The first kappa shape index (κ1) is 32.6. The summed E-state index contributed by atoms with van der Waals surface area (Å²) in [6.45, 7) is 1.83. The number of anilines is 1. The van der Waals surface area contributed by atoms with Crippen molar-refractivity contribution >= 4 is 50.7 Å². The van der Waals surface area contributed by atoms with Crippen LogP contribution in [0.5, 0.6) is 5.75 Å². The monoisotopic (exact) mass is 645 g/mol. The van der Waals surface area contributed by atoms with Crippen LogP contribution in [0.4, 0.5) is 5.69 Å². The molecule has 1 aliphatic rings. The van der Waals surface area contributed by atoms with Crippen molar-refractivity contribution in [1.29, 1.82) is 0 Å². The summed E-state index contributed by atoms with van der Waals surface area (Å²) in [5.41, 5.74) is 1.83. The number of carbonyl (C=O) groups is 2. The number of amides is 2. The molecule has 3 aromatic carbocycles. The number of halogens is 2. The maximum Gasteiger partial charge on any atom is 0.244 e. The first-order valence-electron chi connectivity index (χ1n) is 14.3. The van der Waals surface area contributed by atoms with Gasteiger partial charge < -0.3 is 15.0 Å². The average Bonchev–Trinajstić information content (AvgIpc) is 3.49. The van der Waals surface area contributed by atoms with E-state index in [1.807, 2.05) is 37.3 Å². The summed E-state index contributed by atoms with van der Waals surface area (Å²) >= 11 is 12.5. The zero-order valence-electron chi connectivity index (χ0n) is 24.3. The first-order chi connectivity index (χ1) is 20.5. The molecule has 1 saturated carbocycles. The second-order valence-corrected chi connectivity index (χ2v) is 13.4. The minimum atomic E-state index is -3.87. The van der Waals surface area contributed by atoms with E-state index in [0.717, 1.165) is 41.8 Å². The Balaban J connectivity index is 1.72. The van der Waals surface area contributed by atoms with Crippen LogP contribution < -0.4 is 14.4 Å². The maximum atomic E-state index is 14.2. The molecule has 0 radical (unpaired) electrons. The molecule has 43 heavy (non-hydrogen) atoms. The minimum absolute atomic E-state index is 0.0200. The van der Waals surface area contributed by atoms with E-state index in [4.69, 9.17) is 27.9 Å². The molecule has 0 aromatic heterocycles. The topological polar surface area (TPSA) is 96.0 Å². The number of nitrogens with one attached hydrogen (secondary N) is 1. The Labute approximate surface area is 264 Å². The SMILES string of the molecule is CCOc1ccc(N(CC(=O)N(Cc2ccc(Cl)c(Cl)c2)[C@@H](Cc2ccccc2)C(=O)NC2CCCC2)S(C)(=O)=O)cc1. The van der Waals surface area contributed by atoms with Gasteiger partial charge in [0.05, 0.1) is 28.6 Å². The number of benzene rings is 3. The summed E-state index contributed by atoms with van der Waals surface area (Å²) in [6.07, 6.45) is 5.12. The number of hydrogen-bond donors (Lipinski definition) is 1. The molecule has 11 heteroatoms. The molecule has 0 unspecified atom stereocenters. The molecule has 8 nitrogen and oxygen atoms in total. The Kier molecular flexibility index (Phi) is 11.3. The van der Waals surface area contributed by atoms with E-state index in [-0.39, 0.29) is 24.9 Å². The van der Waals surface area contributed by atoms with Crippen LogP contribution in [0.15, 0.2) is 72.8 Å². The Hall–Kier alpha value is -3.27. The number of rotatable bonds is 13. The Morgan fingerprint density at radius 2 is 1.63 bits per heavy atom. The fraction of sp³-hybridized carbons (Fsp3) is 0.375. The van der Waals surface area contributed by atoms with Crippen molar-refractivity contribution in [2.24, 2.45) is 0 Å². The maximum absolute atomic E-state index is 14.2. The second-order valence-electron chi connectivity index (χ2n) is 10.7. The lowest BCUT2D eigenvalue weighted by atomic mass is 10.0. The molecule has 0 aliphatic heterocycles. The summed E-state index contributed by atoms with van der Waals surface area (Å²) in [4.78, 5) is 29.6. The predicted octanol–water partition coefficient (Wildman–Crippen LogP) is 5.86. The van der Waals surface area contributed by atoms with Gasteiger partial charge in [-0.1, -0.05) is 72.4 Å². The Morgan fingerprint density at radius 1 is 0.953 bits per heavy atom. The number of sulfonamides is 1. The Bertz CT molecular complexity index is 1500. The van der Waals surface area contributed by atoms with Crippen LogP contribution >= 0.6 is 23.2 Å². The molecule has 230 valence electrons. The van der Waals surface area contributed by atoms with Crippen molar-refractivity contribution in [2.45, 2.75) is 57.7 Å². The lowest BCUT2D eigenvalue weighted by molar-refractivity contribution is -0.140. The molecule has 0 spiro atoms. The third-order valence-corrected chi connectivity index (χ3v) is 9.30. The van der Waals surface area contributed by atoms with Crippen molar-refractivity contribution < 1.29 is 22.7 Å². The highest BCUT2D eigenvalue weighted by Crippen LogP contribution is 2.26. The van der Waals surface area contributed by atoms with Gasteiger partial charge in [0.2, 0.25) is 21.8 Å². The molecule has 0 bridgehead atoms. The van der Waals surface area contributed by atoms with Crippen LogP contribution in [-0.4, -0.2) is 56.6 Å². The van der Waals surface area contributed by atoms with Gasteiger partial charge in [0.15, 0.2) is 0 Å². The van der Waals surface area contributed by atoms with Gasteiger partial charge in [0.1, 0.15) is 18.3 Å². The smallest absolute Gasteiger partial charge is 0.244 e. The fourth-order valence-corrected chi connectivity index (χ4v) is 6.42. The van der Waals surface area contributed by atoms with Crippen molar-refractivity contribution in [3.8, 4) is 5.75 Å². The third kappa shape index (κ3) is 9.11. The molecule has 1 N–H and O–H groups in total. The molecule has 3 aromatic rings. The van der Waals surface area contributed by atoms with E-state index in [1.54, 1.807) is 42.5 Å². The van der Waals surface area contributed by atoms with E-state index in [9.17, 15) is 18.0 Å². The third-order valence-electron chi connectivity index (χ3n) is 7.42. The van der Waals surface area contributed by atoms with Gasteiger partial charge in [-0.15, -0.1) is 0 Å². The zero-order chi connectivity index (χ0) is 31.0. The molecule has 0 saturated heterocycles. The lowest BCUT2D eigenvalue weighted by Gasteiger charge is -2.34. The van der Waals surface area contributed by atoms with Gasteiger partial charge in [-0.3, -0.25) is 13.9 Å². The molecular weight excluding hydrogens is 609 g/mol. The van der Waals surface area contributed by atoms with Crippen molar-refractivity contribution in [2.75, 3.05) is 23.7 Å². The van der Waals surface area contributed by atoms with Crippen LogP contribution in [0.1, 0.15) is 43.7 Å².